The van der Waals surface area contributed by atoms with Crippen LogP contribution in [0, 0.1) is 18.2 Å². The van der Waals surface area contributed by atoms with Gasteiger partial charge < -0.3 is 20.1 Å². The van der Waals surface area contributed by atoms with E-state index in [1.165, 1.54) is 12.1 Å². The summed E-state index contributed by atoms with van der Waals surface area (Å²) in [4.78, 5) is 4.18. The molecular formula is C20H22FN3O2. The Balaban J connectivity index is 1.93. The van der Waals surface area contributed by atoms with Crippen molar-refractivity contribution in [2.45, 2.75) is 13.1 Å². The zero-order chi connectivity index (χ0) is 18.8. The molecule has 2 aromatic carbocycles. The Bertz CT molecular complexity index is 783. The zero-order valence-corrected chi connectivity index (χ0v) is 14.9. The summed E-state index contributed by atoms with van der Waals surface area (Å²) in [5.41, 5.74) is 1.95. The van der Waals surface area contributed by atoms with E-state index in [1.807, 2.05) is 18.2 Å². The Morgan fingerprint density at radius 2 is 1.73 bits per heavy atom. The van der Waals surface area contributed by atoms with E-state index < -0.39 is 0 Å². The van der Waals surface area contributed by atoms with Gasteiger partial charge in [0.15, 0.2) is 17.5 Å². The van der Waals surface area contributed by atoms with E-state index >= 15 is 0 Å². The van der Waals surface area contributed by atoms with Gasteiger partial charge in [0, 0.05) is 20.1 Å². The first-order valence-electron chi connectivity index (χ1n) is 8.08. The molecule has 0 aliphatic rings. The van der Waals surface area contributed by atoms with Gasteiger partial charge in [-0.2, -0.15) is 0 Å². The summed E-state index contributed by atoms with van der Waals surface area (Å²) in [6.45, 7) is 1.26. The number of aliphatic imine (C=N–C) groups is 1. The van der Waals surface area contributed by atoms with Crippen LogP contribution in [0.1, 0.15) is 11.1 Å². The second-order valence-corrected chi connectivity index (χ2v) is 5.38. The molecule has 0 atom stereocenters. The van der Waals surface area contributed by atoms with E-state index in [4.69, 9.17) is 15.9 Å². The lowest BCUT2D eigenvalue weighted by Gasteiger charge is -2.14. The van der Waals surface area contributed by atoms with Crippen LogP contribution in [0.3, 0.4) is 0 Å². The molecule has 0 spiro atoms. The van der Waals surface area contributed by atoms with Crippen LogP contribution in [0.5, 0.6) is 11.5 Å². The molecule has 26 heavy (non-hydrogen) atoms. The minimum absolute atomic E-state index is 0.175. The highest BCUT2D eigenvalue weighted by Gasteiger charge is 2.06. The highest BCUT2D eigenvalue weighted by Crippen LogP contribution is 2.27. The van der Waals surface area contributed by atoms with Gasteiger partial charge >= 0.3 is 0 Å². The Labute approximate surface area is 153 Å². The predicted molar refractivity (Wildman–Crippen MR) is 101 cm³/mol. The molecule has 5 nitrogen and oxygen atoms in total. The van der Waals surface area contributed by atoms with Gasteiger partial charge in [-0.3, -0.25) is 4.99 Å². The molecule has 0 bridgehead atoms. The molecule has 136 valence electrons. The van der Waals surface area contributed by atoms with Crippen molar-refractivity contribution in [1.82, 2.24) is 10.6 Å². The van der Waals surface area contributed by atoms with Gasteiger partial charge in [-0.05, 0) is 35.4 Å². The lowest BCUT2D eigenvalue weighted by molar-refractivity contribution is 0.330. The molecule has 0 aliphatic heterocycles. The van der Waals surface area contributed by atoms with Crippen molar-refractivity contribution in [3.05, 3.63) is 59.4 Å². The van der Waals surface area contributed by atoms with Crippen LogP contribution in [0.15, 0.2) is 47.5 Å². The van der Waals surface area contributed by atoms with Crippen molar-refractivity contribution in [2.24, 2.45) is 4.99 Å². The number of benzene rings is 2. The summed E-state index contributed by atoms with van der Waals surface area (Å²) in [6, 6.07) is 12.0. The van der Waals surface area contributed by atoms with Crippen molar-refractivity contribution in [3.63, 3.8) is 0 Å². The predicted octanol–water partition coefficient (Wildman–Crippen LogP) is 2.71. The van der Waals surface area contributed by atoms with Gasteiger partial charge in [0.25, 0.3) is 0 Å². The number of hydrogen-bond acceptors (Lipinski definition) is 3. The Hall–Kier alpha value is -3.20. The fraction of sp³-hybridized carbons (Fsp3) is 0.250. The van der Waals surface area contributed by atoms with E-state index in [0.717, 1.165) is 11.1 Å². The summed E-state index contributed by atoms with van der Waals surface area (Å²) < 4.78 is 23.7. The van der Waals surface area contributed by atoms with Crippen LogP contribution in [-0.2, 0) is 13.1 Å². The first-order valence-corrected chi connectivity index (χ1v) is 8.08. The van der Waals surface area contributed by atoms with Crippen molar-refractivity contribution in [1.29, 1.82) is 0 Å². The van der Waals surface area contributed by atoms with Gasteiger partial charge in [-0.25, -0.2) is 4.39 Å². The summed E-state index contributed by atoms with van der Waals surface area (Å²) in [5, 5.41) is 6.40. The number of guanidine groups is 1. The zero-order valence-electron chi connectivity index (χ0n) is 14.9. The first kappa shape index (κ1) is 19.1. The fourth-order valence-electron chi connectivity index (χ4n) is 2.26. The molecular weight excluding hydrogens is 333 g/mol. The maximum atomic E-state index is 12.9. The van der Waals surface area contributed by atoms with Crippen molar-refractivity contribution >= 4 is 5.96 Å². The number of ether oxygens (including phenoxy) is 2. The van der Waals surface area contributed by atoms with Gasteiger partial charge in [0.1, 0.15) is 12.4 Å². The number of methoxy groups -OCH3 is 1. The average molecular weight is 355 g/mol. The van der Waals surface area contributed by atoms with E-state index in [-0.39, 0.29) is 12.4 Å². The van der Waals surface area contributed by atoms with Crippen molar-refractivity contribution < 1.29 is 13.9 Å². The highest BCUT2D eigenvalue weighted by molar-refractivity contribution is 5.79. The molecule has 0 fully saturated rings. The molecule has 2 aromatic rings. The lowest BCUT2D eigenvalue weighted by Crippen LogP contribution is -2.36. The molecule has 0 aliphatic carbocycles. The standard InChI is InChI=1S/C20H22FN3O2/c1-4-11-26-19-12-16(7-10-18(19)25-3)14-24-20(22-2)23-13-15-5-8-17(21)9-6-15/h1,5-10,12H,11,13-14H2,2-3H3,(H2,22,23,24). The van der Waals surface area contributed by atoms with E-state index in [2.05, 4.69) is 21.5 Å². The Morgan fingerprint density at radius 1 is 1.08 bits per heavy atom. The first-order chi connectivity index (χ1) is 12.7. The fourth-order valence-corrected chi connectivity index (χ4v) is 2.26. The Kier molecular flexibility index (Phi) is 7.31. The molecule has 0 amide bonds. The van der Waals surface area contributed by atoms with Gasteiger partial charge in [-0.15, -0.1) is 6.42 Å². The van der Waals surface area contributed by atoms with Gasteiger partial charge in [-0.1, -0.05) is 24.1 Å². The topological polar surface area (TPSA) is 54.9 Å². The van der Waals surface area contributed by atoms with E-state index in [1.54, 1.807) is 26.3 Å². The minimum atomic E-state index is -0.251. The monoisotopic (exact) mass is 355 g/mol. The quantitative estimate of drug-likeness (QED) is 0.456. The second kappa shape index (κ2) is 9.94. The SMILES string of the molecule is C#CCOc1cc(CNC(=NC)NCc2ccc(F)cc2)ccc1OC. The van der Waals surface area contributed by atoms with Crippen LogP contribution in [-0.4, -0.2) is 26.7 Å². The molecule has 2 N–H and O–H groups in total. The number of hydrogen-bond donors (Lipinski definition) is 2. The van der Waals surface area contributed by atoms with Crippen LogP contribution in [0.2, 0.25) is 0 Å². The summed E-state index contributed by atoms with van der Waals surface area (Å²) >= 11 is 0. The summed E-state index contributed by atoms with van der Waals surface area (Å²) in [6.07, 6.45) is 5.24. The van der Waals surface area contributed by atoms with Crippen molar-refractivity contribution in [2.75, 3.05) is 20.8 Å². The van der Waals surface area contributed by atoms with Gasteiger partial charge in [0.2, 0.25) is 0 Å². The number of terminal acetylenes is 1. The Morgan fingerprint density at radius 3 is 2.35 bits per heavy atom. The summed E-state index contributed by atoms with van der Waals surface area (Å²) in [7, 11) is 3.27. The number of rotatable bonds is 7. The second-order valence-electron chi connectivity index (χ2n) is 5.38. The van der Waals surface area contributed by atoms with Crippen molar-refractivity contribution in [3.8, 4) is 23.8 Å². The van der Waals surface area contributed by atoms with E-state index in [9.17, 15) is 4.39 Å². The molecule has 2 rings (SSSR count). The number of nitrogens with one attached hydrogen (secondary N) is 2. The normalized spacial score (nSPS) is 10.8. The lowest BCUT2D eigenvalue weighted by atomic mass is 10.2. The van der Waals surface area contributed by atoms with Crippen LogP contribution in [0.4, 0.5) is 4.39 Å². The third-order valence-electron chi connectivity index (χ3n) is 3.60. The third kappa shape index (κ3) is 5.71. The maximum Gasteiger partial charge on any atom is 0.191 e. The van der Waals surface area contributed by atoms with Crippen LogP contribution < -0.4 is 20.1 Å². The van der Waals surface area contributed by atoms with Gasteiger partial charge in [0.05, 0.1) is 7.11 Å². The molecule has 0 heterocycles. The van der Waals surface area contributed by atoms with Crippen LogP contribution >= 0.6 is 0 Å². The smallest absolute Gasteiger partial charge is 0.191 e. The number of halogens is 1. The molecule has 0 unspecified atom stereocenters. The van der Waals surface area contributed by atoms with Crippen LogP contribution in [0.25, 0.3) is 0 Å². The third-order valence-corrected chi connectivity index (χ3v) is 3.60. The average Bonchev–Trinajstić information content (AvgIpc) is 2.67. The molecule has 6 heteroatoms. The maximum absolute atomic E-state index is 12.9. The minimum Gasteiger partial charge on any atom is -0.493 e. The largest absolute Gasteiger partial charge is 0.493 e. The van der Waals surface area contributed by atoms with E-state index in [0.29, 0.717) is 30.5 Å². The number of nitrogens with zero attached hydrogens (tertiary/aromatic N) is 1. The molecule has 0 radical (unpaired) electrons. The molecule has 0 saturated carbocycles. The molecule has 0 aromatic heterocycles. The summed E-state index contributed by atoms with van der Waals surface area (Å²) in [5.74, 6) is 4.04. The highest BCUT2D eigenvalue weighted by atomic mass is 19.1. The molecule has 0 saturated heterocycles.